The van der Waals surface area contributed by atoms with Gasteiger partial charge in [-0.05, 0) is 24.6 Å². The molecule has 2 N–H and O–H groups in total. The van der Waals surface area contributed by atoms with E-state index in [4.69, 9.17) is 0 Å². The van der Waals surface area contributed by atoms with E-state index < -0.39 is 17.2 Å². The van der Waals surface area contributed by atoms with Gasteiger partial charge in [0.2, 0.25) is 0 Å². The van der Waals surface area contributed by atoms with Gasteiger partial charge in [0.25, 0.3) is 11.5 Å². The fraction of sp³-hybridized carbons (Fsp3) is 0.158. The van der Waals surface area contributed by atoms with Crippen molar-refractivity contribution in [3.63, 3.8) is 0 Å². The number of fused-ring (bicyclic) bond motifs is 1. The van der Waals surface area contributed by atoms with Gasteiger partial charge < -0.3 is 10.3 Å². The standard InChI is InChI=1S/C19H16FN5O3S/c1-11-16-23-15(17(26)21-6-12-2-4-13(20)5-3-12)8-24(16)19(28)25(18(11)27)7-14-9-29-10-22-14/h2-5,8-10,23H,6-7H2,1H3,(H,21,26). The normalized spacial score (nSPS) is 11.1. The summed E-state index contributed by atoms with van der Waals surface area (Å²) in [6.45, 7) is 1.84. The number of aryl methyl sites for hydroxylation is 1. The molecule has 0 aliphatic heterocycles. The second kappa shape index (κ2) is 7.47. The second-order valence-electron chi connectivity index (χ2n) is 6.47. The van der Waals surface area contributed by atoms with Gasteiger partial charge >= 0.3 is 5.69 Å². The van der Waals surface area contributed by atoms with Crippen LogP contribution in [-0.4, -0.2) is 24.8 Å². The number of rotatable bonds is 5. The monoisotopic (exact) mass is 413 g/mol. The molecule has 0 aliphatic carbocycles. The van der Waals surface area contributed by atoms with Crippen LogP contribution in [0.1, 0.15) is 27.3 Å². The molecular weight excluding hydrogens is 397 g/mol. The molecule has 0 spiro atoms. The molecule has 0 unspecified atom stereocenters. The van der Waals surface area contributed by atoms with Crippen LogP contribution in [0.3, 0.4) is 0 Å². The van der Waals surface area contributed by atoms with E-state index in [-0.39, 0.29) is 30.2 Å². The smallest absolute Gasteiger partial charge is 0.337 e. The third-order valence-corrected chi connectivity index (χ3v) is 5.16. The zero-order chi connectivity index (χ0) is 20.5. The van der Waals surface area contributed by atoms with Crippen molar-refractivity contribution in [2.45, 2.75) is 20.0 Å². The molecule has 0 bridgehead atoms. The highest BCUT2D eigenvalue weighted by molar-refractivity contribution is 7.07. The summed E-state index contributed by atoms with van der Waals surface area (Å²) in [5.74, 6) is -0.805. The average Bonchev–Trinajstić information content (AvgIpc) is 3.39. The first-order valence-corrected chi connectivity index (χ1v) is 9.63. The summed E-state index contributed by atoms with van der Waals surface area (Å²) in [4.78, 5) is 44.8. The number of aromatic amines is 1. The SMILES string of the molecule is Cc1c(=O)n(Cc2cscn2)c(=O)n2cc(C(=O)NCc3ccc(F)cc3)[nH]c12. The van der Waals surface area contributed by atoms with Crippen LogP contribution in [0.15, 0.2) is 50.9 Å². The first kappa shape index (κ1) is 18.8. The zero-order valence-corrected chi connectivity index (χ0v) is 16.1. The number of aromatic nitrogens is 4. The molecule has 0 saturated carbocycles. The largest absolute Gasteiger partial charge is 0.347 e. The minimum atomic E-state index is -0.558. The highest BCUT2D eigenvalue weighted by Crippen LogP contribution is 2.08. The minimum absolute atomic E-state index is 0.0578. The van der Waals surface area contributed by atoms with Crippen molar-refractivity contribution in [3.8, 4) is 0 Å². The Balaban J connectivity index is 1.64. The number of nitrogens with one attached hydrogen (secondary N) is 2. The zero-order valence-electron chi connectivity index (χ0n) is 15.3. The minimum Gasteiger partial charge on any atom is -0.347 e. The van der Waals surface area contributed by atoms with Crippen molar-refractivity contribution in [1.82, 2.24) is 24.3 Å². The molecule has 0 fully saturated rings. The van der Waals surface area contributed by atoms with Crippen LogP contribution in [0.25, 0.3) is 5.65 Å². The van der Waals surface area contributed by atoms with E-state index in [1.807, 2.05) is 0 Å². The van der Waals surface area contributed by atoms with Gasteiger partial charge in [-0.2, -0.15) is 0 Å². The molecule has 0 aliphatic rings. The third kappa shape index (κ3) is 3.61. The maximum absolute atomic E-state index is 13.0. The summed E-state index contributed by atoms with van der Waals surface area (Å²) < 4.78 is 15.3. The number of hydrogen-bond acceptors (Lipinski definition) is 5. The molecule has 10 heteroatoms. The molecule has 148 valence electrons. The lowest BCUT2D eigenvalue weighted by Gasteiger charge is -2.05. The van der Waals surface area contributed by atoms with E-state index in [1.165, 1.54) is 34.1 Å². The van der Waals surface area contributed by atoms with Gasteiger partial charge in [-0.25, -0.2) is 14.2 Å². The lowest BCUT2D eigenvalue weighted by Crippen LogP contribution is -2.38. The number of hydrogen-bond donors (Lipinski definition) is 2. The molecule has 4 aromatic rings. The highest BCUT2D eigenvalue weighted by atomic mass is 32.1. The third-order valence-electron chi connectivity index (χ3n) is 4.52. The predicted molar refractivity (Wildman–Crippen MR) is 106 cm³/mol. The fourth-order valence-corrected chi connectivity index (χ4v) is 3.52. The Kier molecular flexibility index (Phi) is 4.85. The summed E-state index contributed by atoms with van der Waals surface area (Å²) in [5.41, 5.74) is 2.69. The van der Waals surface area contributed by atoms with E-state index in [0.29, 0.717) is 11.3 Å². The van der Waals surface area contributed by atoms with Crippen LogP contribution < -0.4 is 16.6 Å². The Labute approximate surface area is 167 Å². The van der Waals surface area contributed by atoms with E-state index in [9.17, 15) is 18.8 Å². The van der Waals surface area contributed by atoms with Crippen molar-refractivity contribution < 1.29 is 9.18 Å². The van der Waals surface area contributed by atoms with Gasteiger partial charge in [0, 0.05) is 18.1 Å². The van der Waals surface area contributed by atoms with Crippen LogP contribution in [0.2, 0.25) is 0 Å². The Morgan fingerprint density at radius 3 is 2.72 bits per heavy atom. The number of carbonyl (C=O) groups is 1. The number of nitrogens with zero attached hydrogens (tertiary/aromatic N) is 3. The van der Waals surface area contributed by atoms with Crippen molar-refractivity contribution in [3.05, 3.63) is 90.5 Å². The summed E-state index contributed by atoms with van der Waals surface area (Å²) in [5, 5.41) is 4.46. The first-order valence-electron chi connectivity index (χ1n) is 8.68. The number of H-pyrrole nitrogens is 1. The number of imidazole rings is 1. The lowest BCUT2D eigenvalue weighted by atomic mass is 10.2. The maximum Gasteiger partial charge on any atom is 0.337 e. The van der Waals surface area contributed by atoms with E-state index in [0.717, 1.165) is 10.1 Å². The number of thiazole rings is 1. The van der Waals surface area contributed by atoms with Crippen LogP contribution >= 0.6 is 11.3 Å². The maximum atomic E-state index is 13.0. The van der Waals surface area contributed by atoms with Crippen molar-refractivity contribution in [2.24, 2.45) is 0 Å². The van der Waals surface area contributed by atoms with Gasteiger partial charge in [-0.3, -0.25) is 18.6 Å². The van der Waals surface area contributed by atoms with Gasteiger partial charge in [0.1, 0.15) is 17.2 Å². The van der Waals surface area contributed by atoms with Gasteiger partial charge in [-0.15, -0.1) is 11.3 Å². The first-order chi connectivity index (χ1) is 13.9. The molecule has 0 radical (unpaired) electrons. The fourth-order valence-electron chi connectivity index (χ4n) is 2.97. The molecule has 29 heavy (non-hydrogen) atoms. The number of carbonyl (C=O) groups excluding carboxylic acids is 1. The highest BCUT2D eigenvalue weighted by Gasteiger charge is 2.17. The Morgan fingerprint density at radius 1 is 1.28 bits per heavy atom. The van der Waals surface area contributed by atoms with Crippen molar-refractivity contribution in [2.75, 3.05) is 0 Å². The van der Waals surface area contributed by atoms with Gasteiger partial charge in [-0.1, -0.05) is 12.1 Å². The molecule has 3 aromatic heterocycles. The van der Waals surface area contributed by atoms with Crippen LogP contribution in [0, 0.1) is 12.7 Å². The van der Waals surface area contributed by atoms with Gasteiger partial charge in [0.15, 0.2) is 0 Å². The van der Waals surface area contributed by atoms with E-state index in [1.54, 1.807) is 29.9 Å². The summed E-state index contributed by atoms with van der Waals surface area (Å²) in [6, 6.07) is 5.76. The molecule has 3 heterocycles. The second-order valence-corrected chi connectivity index (χ2v) is 7.19. The van der Waals surface area contributed by atoms with E-state index >= 15 is 0 Å². The Morgan fingerprint density at radius 2 is 2.03 bits per heavy atom. The van der Waals surface area contributed by atoms with Crippen molar-refractivity contribution >= 4 is 22.9 Å². The van der Waals surface area contributed by atoms with Crippen molar-refractivity contribution in [1.29, 1.82) is 0 Å². The Hall–Kier alpha value is -3.53. The molecule has 1 amide bonds. The Bertz CT molecular complexity index is 1300. The molecular formula is C19H16FN5O3S. The lowest BCUT2D eigenvalue weighted by molar-refractivity contribution is 0.0946. The van der Waals surface area contributed by atoms with Crippen LogP contribution in [0.5, 0.6) is 0 Å². The number of halogens is 1. The van der Waals surface area contributed by atoms with Crippen LogP contribution in [-0.2, 0) is 13.1 Å². The van der Waals surface area contributed by atoms with E-state index in [2.05, 4.69) is 15.3 Å². The number of benzene rings is 1. The summed E-state index contributed by atoms with van der Waals surface area (Å²) in [7, 11) is 0. The number of amides is 1. The molecule has 0 atom stereocenters. The van der Waals surface area contributed by atoms with Gasteiger partial charge in [0.05, 0.1) is 23.3 Å². The molecule has 4 rings (SSSR count). The predicted octanol–water partition coefficient (Wildman–Crippen LogP) is 1.67. The summed E-state index contributed by atoms with van der Waals surface area (Å²) >= 11 is 1.38. The average molecular weight is 413 g/mol. The topological polar surface area (TPSA) is 101 Å². The molecule has 0 saturated heterocycles. The molecule has 8 nitrogen and oxygen atoms in total. The quantitative estimate of drug-likeness (QED) is 0.520. The molecule has 1 aromatic carbocycles. The summed E-state index contributed by atoms with van der Waals surface area (Å²) in [6.07, 6.45) is 1.36. The van der Waals surface area contributed by atoms with Crippen LogP contribution in [0.4, 0.5) is 4.39 Å².